The molecule has 0 aromatic rings. The average Bonchev–Trinajstić information content (AvgIpc) is 2.01. The molecule has 0 rings (SSSR count). The summed E-state index contributed by atoms with van der Waals surface area (Å²) >= 11 is 0. The van der Waals surface area contributed by atoms with E-state index in [1.807, 2.05) is 6.92 Å². The van der Waals surface area contributed by atoms with Crippen LogP contribution in [0.15, 0.2) is 12.2 Å². The molecule has 74 valence electrons. The zero-order chi connectivity index (χ0) is 9.40. The average molecular weight is 293 g/mol. The SMILES string of the molecule is CCCCOC(=O)/C=C\C(=O)O.[SnH2]. The number of hydrogen-bond acceptors (Lipinski definition) is 3. The van der Waals surface area contributed by atoms with Crippen LogP contribution in [0, 0.1) is 0 Å². The Balaban J connectivity index is 0. The van der Waals surface area contributed by atoms with E-state index in [4.69, 9.17) is 5.11 Å². The van der Waals surface area contributed by atoms with Gasteiger partial charge in [-0.2, -0.15) is 0 Å². The molecule has 0 aliphatic heterocycles. The molecule has 0 aliphatic rings. The first-order chi connectivity index (χ1) is 5.66. The van der Waals surface area contributed by atoms with Gasteiger partial charge in [-0.15, -0.1) is 0 Å². The number of unbranched alkanes of at least 4 members (excludes halogenated alkanes) is 1. The molecule has 0 aliphatic carbocycles. The van der Waals surface area contributed by atoms with Crippen LogP contribution in [0.5, 0.6) is 0 Å². The van der Waals surface area contributed by atoms with E-state index in [-0.39, 0.29) is 23.9 Å². The van der Waals surface area contributed by atoms with Crippen molar-refractivity contribution in [1.29, 1.82) is 0 Å². The third kappa shape index (κ3) is 11.5. The molecule has 5 heteroatoms. The molecule has 0 atom stereocenters. The van der Waals surface area contributed by atoms with E-state index in [1.54, 1.807) is 0 Å². The molecule has 0 amide bonds. The Morgan fingerprint density at radius 1 is 1.38 bits per heavy atom. The van der Waals surface area contributed by atoms with Crippen LogP contribution in [0.4, 0.5) is 0 Å². The predicted octanol–water partition coefficient (Wildman–Crippen LogP) is 0.0543. The molecule has 0 bridgehead atoms. The van der Waals surface area contributed by atoms with E-state index in [9.17, 15) is 9.59 Å². The summed E-state index contributed by atoms with van der Waals surface area (Å²) in [6, 6.07) is 0. The monoisotopic (exact) mass is 294 g/mol. The quantitative estimate of drug-likeness (QED) is 0.337. The number of ether oxygens (including phenoxy) is 1. The fourth-order valence-electron chi connectivity index (χ4n) is 0.505. The van der Waals surface area contributed by atoms with Crippen LogP contribution in [-0.4, -0.2) is 47.6 Å². The van der Waals surface area contributed by atoms with Crippen LogP contribution in [0.2, 0.25) is 0 Å². The van der Waals surface area contributed by atoms with Crippen LogP contribution in [0.1, 0.15) is 19.8 Å². The van der Waals surface area contributed by atoms with Gasteiger partial charge in [0.2, 0.25) is 0 Å². The summed E-state index contributed by atoms with van der Waals surface area (Å²) in [5.41, 5.74) is 0. The van der Waals surface area contributed by atoms with Crippen molar-refractivity contribution in [3.8, 4) is 0 Å². The standard InChI is InChI=1S/C8H12O4.Sn.2H/c1-2-3-6-12-8(11)5-4-7(9)10;;;/h4-5H,2-3,6H2,1H3,(H,9,10);;;/b5-4-;;;. The number of rotatable bonds is 5. The topological polar surface area (TPSA) is 63.6 Å². The third-order valence-electron chi connectivity index (χ3n) is 1.10. The molecule has 0 unspecified atom stereocenters. The summed E-state index contributed by atoms with van der Waals surface area (Å²) < 4.78 is 4.64. The van der Waals surface area contributed by atoms with Gasteiger partial charge in [-0.25, -0.2) is 9.59 Å². The van der Waals surface area contributed by atoms with E-state index < -0.39 is 11.9 Å². The fourth-order valence-corrected chi connectivity index (χ4v) is 0.505. The number of carboxylic acids is 1. The third-order valence-corrected chi connectivity index (χ3v) is 1.10. The number of carboxylic acid groups (broad SMARTS) is 1. The van der Waals surface area contributed by atoms with Gasteiger partial charge in [0.1, 0.15) is 0 Å². The molecule has 13 heavy (non-hydrogen) atoms. The number of esters is 1. The Hall–Kier alpha value is -0.521. The van der Waals surface area contributed by atoms with Gasteiger partial charge in [0.25, 0.3) is 0 Å². The second-order valence-corrected chi connectivity index (χ2v) is 2.19. The molecule has 4 nitrogen and oxygen atoms in total. The van der Waals surface area contributed by atoms with Crippen LogP contribution >= 0.6 is 0 Å². The first kappa shape index (κ1) is 15.0. The number of carbonyl (C=O) groups is 2. The van der Waals surface area contributed by atoms with Crippen molar-refractivity contribution in [1.82, 2.24) is 0 Å². The molecular formula is C8H14O4Sn. The van der Waals surface area contributed by atoms with E-state index in [0.29, 0.717) is 6.61 Å². The molecule has 1 N–H and O–H groups in total. The van der Waals surface area contributed by atoms with Crippen molar-refractivity contribution >= 4 is 35.8 Å². The van der Waals surface area contributed by atoms with Crippen LogP contribution in [-0.2, 0) is 14.3 Å². The van der Waals surface area contributed by atoms with Gasteiger partial charge in [0, 0.05) is 12.2 Å². The Kier molecular flexibility index (Phi) is 11.0. The van der Waals surface area contributed by atoms with Crippen molar-refractivity contribution in [3.63, 3.8) is 0 Å². The Morgan fingerprint density at radius 3 is 2.46 bits per heavy atom. The van der Waals surface area contributed by atoms with Gasteiger partial charge in [-0.3, -0.25) is 0 Å². The van der Waals surface area contributed by atoms with Gasteiger partial charge in [-0.05, 0) is 6.42 Å². The maximum atomic E-state index is 10.6. The Morgan fingerprint density at radius 2 is 2.00 bits per heavy atom. The zero-order valence-corrected chi connectivity index (χ0v) is 11.7. The Bertz CT molecular complexity index is 189. The van der Waals surface area contributed by atoms with Crippen molar-refractivity contribution in [2.24, 2.45) is 0 Å². The summed E-state index contributed by atoms with van der Waals surface area (Å²) in [6.45, 7) is 2.32. The molecule has 0 aromatic carbocycles. The second-order valence-electron chi connectivity index (χ2n) is 2.19. The maximum absolute atomic E-state index is 10.6. The molecule has 0 heterocycles. The summed E-state index contributed by atoms with van der Waals surface area (Å²) in [7, 11) is 0. The van der Waals surface area contributed by atoms with Gasteiger partial charge < -0.3 is 9.84 Å². The molecular weight excluding hydrogens is 279 g/mol. The van der Waals surface area contributed by atoms with E-state index in [0.717, 1.165) is 25.0 Å². The molecule has 2 radical (unpaired) electrons. The van der Waals surface area contributed by atoms with Crippen molar-refractivity contribution in [3.05, 3.63) is 12.2 Å². The van der Waals surface area contributed by atoms with Crippen molar-refractivity contribution in [2.45, 2.75) is 19.8 Å². The number of aliphatic carboxylic acids is 1. The van der Waals surface area contributed by atoms with E-state index >= 15 is 0 Å². The number of carbonyl (C=O) groups excluding carboxylic acids is 1. The van der Waals surface area contributed by atoms with Gasteiger partial charge in [0.05, 0.1) is 6.61 Å². The molecule has 0 spiro atoms. The fraction of sp³-hybridized carbons (Fsp3) is 0.500. The van der Waals surface area contributed by atoms with Crippen LogP contribution in [0.25, 0.3) is 0 Å². The summed E-state index contributed by atoms with van der Waals surface area (Å²) in [5.74, 6) is -1.76. The molecule has 0 saturated carbocycles. The second kappa shape index (κ2) is 9.57. The van der Waals surface area contributed by atoms with Gasteiger partial charge in [0.15, 0.2) is 0 Å². The summed E-state index contributed by atoms with van der Waals surface area (Å²) in [6.07, 6.45) is 3.40. The van der Waals surface area contributed by atoms with Gasteiger partial charge in [-0.1, -0.05) is 13.3 Å². The predicted molar refractivity (Wildman–Crippen MR) is 51.2 cm³/mol. The van der Waals surface area contributed by atoms with Crippen molar-refractivity contribution in [2.75, 3.05) is 6.61 Å². The minimum absolute atomic E-state index is 0. The summed E-state index contributed by atoms with van der Waals surface area (Å²) in [5, 5.41) is 8.14. The van der Waals surface area contributed by atoms with E-state index in [1.165, 1.54) is 0 Å². The Labute approximate surface area is 93.9 Å². The normalized spacial score (nSPS) is 9.31. The molecule has 0 saturated heterocycles. The molecule has 0 aromatic heterocycles. The van der Waals surface area contributed by atoms with E-state index in [2.05, 4.69) is 4.74 Å². The zero-order valence-electron chi connectivity index (χ0n) is 7.66. The number of hydrogen-bond donors (Lipinski definition) is 1. The van der Waals surface area contributed by atoms with Crippen LogP contribution < -0.4 is 0 Å². The molecule has 0 fully saturated rings. The first-order valence-electron chi connectivity index (χ1n) is 3.74. The summed E-state index contributed by atoms with van der Waals surface area (Å²) in [4.78, 5) is 20.6. The van der Waals surface area contributed by atoms with Crippen LogP contribution in [0.3, 0.4) is 0 Å². The minimum atomic E-state index is -1.15. The first-order valence-corrected chi connectivity index (χ1v) is 3.74. The van der Waals surface area contributed by atoms with Crippen molar-refractivity contribution < 1.29 is 19.4 Å². The van der Waals surface area contributed by atoms with Gasteiger partial charge >= 0.3 is 35.8 Å².